The van der Waals surface area contributed by atoms with Crippen molar-refractivity contribution >= 4 is 52.2 Å². The number of rotatable bonds is 2. The van der Waals surface area contributed by atoms with Gasteiger partial charge in [0.1, 0.15) is 0 Å². The summed E-state index contributed by atoms with van der Waals surface area (Å²) in [6, 6.07) is 2.19. The summed E-state index contributed by atoms with van der Waals surface area (Å²) in [6.07, 6.45) is 2.12. The zero-order chi connectivity index (χ0) is 10.8. The highest BCUT2D eigenvalue weighted by molar-refractivity contribution is 14.1. The van der Waals surface area contributed by atoms with Gasteiger partial charge in [-0.2, -0.15) is 0 Å². The minimum absolute atomic E-state index is 0. The lowest BCUT2D eigenvalue weighted by Gasteiger charge is -2.22. The fraction of sp³-hybridized carbons (Fsp3) is 0.500. The molecule has 1 atom stereocenters. The number of thiophene rings is 1. The molecule has 0 radical (unpaired) electrons. The fourth-order valence-corrected chi connectivity index (χ4v) is 3.26. The molecule has 1 aromatic rings. The first-order valence-electron chi connectivity index (χ1n) is 4.97. The van der Waals surface area contributed by atoms with Gasteiger partial charge in [0, 0.05) is 24.5 Å². The first kappa shape index (κ1) is 14.2. The SMILES string of the molecule is Cl.NCC1CCCN1C(=O)c1csc(I)c1. The maximum Gasteiger partial charge on any atom is 0.255 e. The summed E-state index contributed by atoms with van der Waals surface area (Å²) in [5.41, 5.74) is 6.46. The summed E-state index contributed by atoms with van der Waals surface area (Å²) < 4.78 is 1.15. The van der Waals surface area contributed by atoms with Crippen molar-refractivity contribution in [1.29, 1.82) is 0 Å². The maximum absolute atomic E-state index is 12.1. The average molecular weight is 373 g/mol. The number of nitrogens with zero attached hydrogens (tertiary/aromatic N) is 1. The topological polar surface area (TPSA) is 46.3 Å². The predicted molar refractivity (Wildman–Crippen MR) is 77.4 cm³/mol. The molecule has 6 heteroatoms. The number of hydrogen-bond donors (Lipinski definition) is 1. The standard InChI is InChI=1S/C10H13IN2OS.ClH/c11-9-4-7(6-15-9)10(14)13-3-1-2-8(13)5-12;/h4,6,8H,1-3,5,12H2;1H. The van der Waals surface area contributed by atoms with Crippen LogP contribution in [-0.4, -0.2) is 29.9 Å². The van der Waals surface area contributed by atoms with Gasteiger partial charge in [0.2, 0.25) is 0 Å². The van der Waals surface area contributed by atoms with Crippen molar-refractivity contribution in [3.05, 3.63) is 19.9 Å². The molecule has 0 aliphatic carbocycles. The molecule has 90 valence electrons. The highest BCUT2D eigenvalue weighted by Crippen LogP contribution is 2.22. The second-order valence-electron chi connectivity index (χ2n) is 3.67. The van der Waals surface area contributed by atoms with Crippen LogP contribution in [0.15, 0.2) is 11.4 Å². The number of amides is 1. The summed E-state index contributed by atoms with van der Waals surface area (Å²) in [5, 5.41) is 1.93. The van der Waals surface area contributed by atoms with E-state index in [0.29, 0.717) is 6.54 Å². The van der Waals surface area contributed by atoms with E-state index in [4.69, 9.17) is 5.73 Å². The second-order valence-corrected chi connectivity index (χ2v) is 6.48. The third-order valence-electron chi connectivity index (χ3n) is 2.72. The number of hydrogen-bond acceptors (Lipinski definition) is 3. The monoisotopic (exact) mass is 372 g/mol. The van der Waals surface area contributed by atoms with E-state index in [2.05, 4.69) is 22.6 Å². The van der Waals surface area contributed by atoms with Crippen molar-refractivity contribution in [2.45, 2.75) is 18.9 Å². The molecule has 1 aliphatic heterocycles. The van der Waals surface area contributed by atoms with Crippen molar-refractivity contribution < 1.29 is 4.79 Å². The number of carbonyl (C=O) groups excluding carboxylic acids is 1. The Morgan fingerprint density at radius 1 is 1.69 bits per heavy atom. The molecular formula is C10H14ClIN2OS. The third-order valence-corrected chi connectivity index (χ3v) is 4.51. The zero-order valence-electron chi connectivity index (χ0n) is 8.69. The Morgan fingerprint density at radius 3 is 3.00 bits per heavy atom. The first-order chi connectivity index (χ1) is 7.22. The Morgan fingerprint density at radius 2 is 2.44 bits per heavy atom. The number of carbonyl (C=O) groups is 1. The molecule has 1 amide bonds. The quantitative estimate of drug-likeness (QED) is 0.810. The van der Waals surface area contributed by atoms with Gasteiger partial charge >= 0.3 is 0 Å². The first-order valence-corrected chi connectivity index (χ1v) is 6.93. The molecule has 16 heavy (non-hydrogen) atoms. The van der Waals surface area contributed by atoms with E-state index in [1.807, 2.05) is 16.3 Å². The Hall–Kier alpha value is 0.150. The summed E-state index contributed by atoms with van der Waals surface area (Å²) in [6.45, 7) is 1.43. The smallest absolute Gasteiger partial charge is 0.255 e. The molecule has 3 nitrogen and oxygen atoms in total. The van der Waals surface area contributed by atoms with Crippen LogP contribution >= 0.6 is 46.3 Å². The highest BCUT2D eigenvalue weighted by atomic mass is 127. The van der Waals surface area contributed by atoms with E-state index >= 15 is 0 Å². The second kappa shape index (κ2) is 6.18. The molecule has 1 aliphatic rings. The van der Waals surface area contributed by atoms with E-state index in [1.54, 1.807) is 11.3 Å². The largest absolute Gasteiger partial charge is 0.334 e. The van der Waals surface area contributed by atoms with Crippen molar-refractivity contribution in [2.24, 2.45) is 5.73 Å². The summed E-state index contributed by atoms with van der Waals surface area (Å²) >= 11 is 3.84. The number of likely N-dealkylation sites (tertiary alicyclic amines) is 1. The van der Waals surface area contributed by atoms with Crippen LogP contribution in [-0.2, 0) is 0 Å². The lowest BCUT2D eigenvalue weighted by molar-refractivity contribution is 0.0741. The summed E-state index contributed by atoms with van der Waals surface area (Å²) in [7, 11) is 0. The van der Waals surface area contributed by atoms with Gasteiger partial charge < -0.3 is 10.6 Å². The van der Waals surface area contributed by atoms with Crippen LogP contribution in [0.3, 0.4) is 0 Å². The van der Waals surface area contributed by atoms with Crippen molar-refractivity contribution in [2.75, 3.05) is 13.1 Å². The molecule has 2 heterocycles. The molecule has 0 aromatic carbocycles. The zero-order valence-corrected chi connectivity index (χ0v) is 12.5. The third kappa shape index (κ3) is 2.88. The van der Waals surface area contributed by atoms with Crippen molar-refractivity contribution in [3.8, 4) is 0 Å². The van der Waals surface area contributed by atoms with Crippen LogP contribution < -0.4 is 5.73 Å². The molecule has 1 fully saturated rings. The molecule has 0 bridgehead atoms. The van der Waals surface area contributed by atoms with Crippen LogP contribution in [0.25, 0.3) is 0 Å². The predicted octanol–water partition coefficient (Wildman–Crippen LogP) is 2.34. The minimum Gasteiger partial charge on any atom is -0.334 e. The van der Waals surface area contributed by atoms with E-state index in [9.17, 15) is 4.79 Å². The van der Waals surface area contributed by atoms with Gasteiger partial charge in [-0.15, -0.1) is 23.7 Å². The van der Waals surface area contributed by atoms with E-state index in [0.717, 1.165) is 27.8 Å². The molecule has 1 unspecified atom stereocenters. The molecule has 0 saturated carbocycles. The van der Waals surface area contributed by atoms with Gasteiger partial charge in [-0.05, 0) is 41.5 Å². The van der Waals surface area contributed by atoms with E-state index in [1.165, 1.54) is 0 Å². The van der Waals surface area contributed by atoms with Crippen LogP contribution in [0.5, 0.6) is 0 Å². The Balaban J connectivity index is 0.00000128. The normalized spacial score (nSPS) is 19.6. The van der Waals surface area contributed by atoms with Crippen molar-refractivity contribution in [1.82, 2.24) is 4.90 Å². The molecule has 2 rings (SSSR count). The Labute approximate surface area is 119 Å². The van der Waals surface area contributed by atoms with Crippen LogP contribution in [0.2, 0.25) is 0 Å². The average Bonchev–Trinajstić information content (AvgIpc) is 2.84. The van der Waals surface area contributed by atoms with Crippen LogP contribution in [0, 0.1) is 2.88 Å². The van der Waals surface area contributed by atoms with E-state index < -0.39 is 0 Å². The van der Waals surface area contributed by atoms with Gasteiger partial charge in [-0.3, -0.25) is 4.79 Å². The lowest BCUT2D eigenvalue weighted by atomic mass is 10.2. The van der Waals surface area contributed by atoms with Crippen LogP contribution in [0.4, 0.5) is 0 Å². The van der Waals surface area contributed by atoms with Gasteiger partial charge in [0.15, 0.2) is 0 Å². The van der Waals surface area contributed by atoms with Gasteiger partial charge in [-0.25, -0.2) is 0 Å². The summed E-state index contributed by atoms with van der Waals surface area (Å²) in [4.78, 5) is 14.0. The van der Waals surface area contributed by atoms with Gasteiger partial charge in [-0.1, -0.05) is 0 Å². The maximum atomic E-state index is 12.1. The number of halogens is 2. The van der Waals surface area contributed by atoms with E-state index in [-0.39, 0.29) is 24.4 Å². The Bertz CT molecular complexity index is 371. The highest BCUT2D eigenvalue weighted by Gasteiger charge is 2.28. The molecule has 1 saturated heterocycles. The molecule has 2 N–H and O–H groups in total. The van der Waals surface area contributed by atoms with Gasteiger partial charge in [0.05, 0.1) is 8.45 Å². The molecule has 0 spiro atoms. The summed E-state index contributed by atoms with van der Waals surface area (Å²) in [5.74, 6) is 0.141. The molecule has 1 aromatic heterocycles. The lowest BCUT2D eigenvalue weighted by Crippen LogP contribution is -2.39. The van der Waals surface area contributed by atoms with Crippen molar-refractivity contribution in [3.63, 3.8) is 0 Å². The minimum atomic E-state index is 0. The number of nitrogens with two attached hydrogens (primary N) is 1. The van der Waals surface area contributed by atoms with Gasteiger partial charge in [0.25, 0.3) is 5.91 Å². The molecular weight excluding hydrogens is 359 g/mol. The Kier molecular flexibility index (Phi) is 5.49. The fourth-order valence-electron chi connectivity index (χ4n) is 1.94. The van der Waals surface area contributed by atoms with Crippen LogP contribution in [0.1, 0.15) is 23.2 Å².